The van der Waals surface area contributed by atoms with E-state index in [9.17, 15) is 13.2 Å². The van der Waals surface area contributed by atoms with Crippen LogP contribution >= 0.6 is 0 Å². The number of carbonyl (C=O) groups is 1. The Bertz CT molecular complexity index is 933. The number of anilines is 1. The van der Waals surface area contributed by atoms with Gasteiger partial charge in [-0.25, -0.2) is 12.7 Å². The second kappa shape index (κ2) is 9.07. The second-order valence-electron chi connectivity index (χ2n) is 6.45. The fourth-order valence-electron chi connectivity index (χ4n) is 2.73. The van der Waals surface area contributed by atoms with Gasteiger partial charge in [-0.3, -0.25) is 4.79 Å². The van der Waals surface area contributed by atoms with Crippen LogP contribution in [0.5, 0.6) is 11.5 Å². The molecule has 1 amide bonds. The maximum Gasteiger partial charge on any atom is 0.242 e. The first kappa shape index (κ1) is 21.7. The number of carbonyl (C=O) groups excluding carboxylic acids is 1. The van der Waals surface area contributed by atoms with Crippen LogP contribution in [-0.4, -0.2) is 46.9 Å². The lowest BCUT2D eigenvalue weighted by Crippen LogP contribution is -2.22. The van der Waals surface area contributed by atoms with Gasteiger partial charge in [-0.2, -0.15) is 0 Å². The van der Waals surface area contributed by atoms with Gasteiger partial charge in [0, 0.05) is 31.8 Å². The lowest BCUT2D eigenvalue weighted by Gasteiger charge is -2.15. The van der Waals surface area contributed by atoms with Crippen molar-refractivity contribution in [2.75, 3.05) is 33.6 Å². The van der Waals surface area contributed by atoms with Gasteiger partial charge in [0.15, 0.2) is 0 Å². The van der Waals surface area contributed by atoms with Gasteiger partial charge in [-0.1, -0.05) is 12.1 Å². The summed E-state index contributed by atoms with van der Waals surface area (Å²) in [4.78, 5) is 12.6. The minimum Gasteiger partial charge on any atom is -0.496 e. The molecule has 0 radical (unpaired) electrons. The van der Waals surface area contributed by atoms with E-state index in [2.05, 4.69) is 5.32 Å². The maximum atomic E-state index is 12.5. The zero-order chi connectivity index (χ0) is 20.9. The molecule has 0 bridgehead atoms. The summed E-state index contributed by atoms with van der Waals surface area (Å²) in [6.07, 6.45) is 0.620. The molecule has 0 aliphatic heterocycles. The Hall–Kier alpha value is -2.58. The standard InChI is InChI=1S/C20H26N2O5S/c1-14-9-10-15(28(24,25)22(2)3)13-17(14)21-20(23)12-11-16-18(26-4)7-6-8-19(16)27-5/h6-10,13H,11-12H2,1-5H3,(H,21,23). The van der Waals surface area contributed by atoms with Gasteiger partial charge in [-0.05, 0) is 43.2 Å². The number of aryl methyl sites for hydroxylation is 1. The van der Waals surface area contributed by atoms with E-state index < -0.39 is 10.0 Å². The highest BCUT2D eigenvalue weighted by Crippen LogP contribution is 2.29. The van der Waals surface area contributed by atoms with Crippen molar-refractivity contribution in [3.63, 3.8) is 0 Å². The molecule has 0 saturated heterocycles. The molecule has 1 N–H and O–H groups in total. The van der Waals surface area contributed by atoms with Crippen LogP contribution in [0.3, 0.4) is 0 Å². The van der Waals surface area contributed by atoms with Crippen LogP contribution in [0.25, 0.3) is 0 Å². The van der Waals surface area contributed by atoms with Crippen LogP contribution in [0.4, 0.5) is 5.69 Å². The van der Waals surface area contributed by atoms with E-state index in [1.807, 2.05) is 25.1 Å². The number of hydrogen-bond donors (Lipinski definition) is 1. The Morgan fingerprint density at radius 3 is 2.21 bits per heavy atom. The number of ether oxygens (including phenoxy) is 2. The van der Waals surface area contributed by atoms with Gasteiger partial charge < -0.3 is 14.8 Å². The van der Waals surface area contributed by atoms with Crippen molar-refractivity contribution in [3.8, 4) is 11.5 Å². The van der Waals surface area contributed by atoms with Gasteiger partial charge in [-0.15, -0.1) is 0 Å². The van der Waals surface area contributed by atoms with Crippen molar-refractivity contribution in [1.82, 2.24) is 4.31 Å². The molecule has 152 valence electrons. The third kappa shape index (κ3) is 4.82. The topological polar surface area (TPSA) is 84.9 Å². The summed E-state index contributed by atoms with van der Waals surface area (Å²) in [7, 11) is 2.49. The largest absolute Gasteiger partial charge is 0.496 e. The smallest absolute Gasteiger partial charge is 0.242 e. The van der Waals surface area contributed by atoms with Crippen LogP contribution in [0.1, 0.15) is 17.5 Å². The number of nitrogens with one attached hydrogen (secondary N) is 1. The monoisotopic (exact) mass is 406 g/mol. The number of rotatable bonds is 8. The third-order valence-corrected chi connectivity index (χ3v) is 6.20. The highest BCUT2D eigenvalue weighted by Gasteiger charge is 2.19. The van der Waals surface area contributed by atoms with Crippen molar-refractivity contribution in [2.24, 2.45) is 0 Å². The predicted molar refractivity (Wildman–Crippen MR) is 109 cm³/mol. The van der Waals surface area contributed by atoms with Crippen LogP contribution in [0.2, 0.25) is 0 Å². The predicted octanol–water partition coefficient (Wildman–Crippen LogP) is 2.83. The van der Waals surface area contributed by atoms with Crippen molar-refractivity contribution in [3.05, 3.63) is 47.5 Å². The molecule has 2 aromatic carbocycles. The van der Waals surface area contributed by atoms with Gasteiger partial charge in [0.2, 0.25) is 15.9 Å². The van der Waals surface area contributed by atoms with E-state index in [-0.39, 0.29) is 17.2 Å². The molecule has 0 unspecified atom stereocenters. The fraction of sp³-hybridized carbons (Fsp3) is 0.350. The van der Waals surface area contributed by atoms with Crippen LogP contribution in [0, 0.1) is 6.92 Å². The van der Waals surface area contributed by atoms with Crippen molar-refractivity contribution in [2.45, 2.75) is 24.7 Å². The summed E-state index contributed by atoms with van der Waals surface area (Å²) in [5.74, 6) is 1.08. The highest BCUT2D eigenvalue weighted by molar-refractivity contribution is 7.89. The molecule has 2 aromatic rings. The Balaban J connectivity index is 2.17. The third-order valence-electron chi connectivity index (χ3n) is 4.39. The normalized spacial score (nSPS) is 11.4. The van der Waals surface area contributed by atoms with Gasteiger partial charge in [0.1, 0.15) is 11.5 Å². The Morgan fingerprint density at radius 1 is 1.07 bits per heavy atom. The number of amides is 1. The zero-order valence-corrected chi connectivity index (χ0v) is 17.6. The summed E-state index contributed by atoms with van der Waals surface area (Å²) >= 11 is 0. The van der Waals surface area contributed by atoms with Crippen molar-refractivity contribution >= 4 is 21.6 Å². The van der Waals surface area contributed by atoms with Crippen LogP contribution < -0.4 is 14.8 Å². The SMILES string of the molecule is COc1cccc(OC)c1CCC(=O)Nc1cc(S(=O)(=O)N(C)C)ccc1C. The number of sulfonamides is 1. The Morgan fingerprint density at radius 2 is 1.68 bits per heavy atom. The lowest BCUT2D eigenvalue weighted by atomic mass is 10.1. The second-order valence-corrected chi connectivity index (χ2v) is 8.61. The summed E-state index contributed by atoms with van der Waals surface area (Å²) in [6.45, 7) is 1.81. The summed E-state index contributed by atoms with van der Waals surface area (Å²) in [6, 6.07) is 10.1. The molecule has 7 nitrogen and oxygen atoms in total. The van der Waals surface area contributed by atoms with Crippen molar-refractivity contribution in [1.29, 1.82) is 0 Å². The van der Waals surface area contributed by atoms with Gasteiger partial charge in [0.25, 0.3) is 0 Å². The molecule has 0 aliphatic rings. The van der Waals surface area contributed by atoms with Crippen LogP contribution in [-0.2, 0) is 21.2 Å². The highest BCUT2D eigenvalue weighted by atomic mass is 32.2. The molecule has 0 aliphatic carbocycles. The zero-order valence-electron chi connectivity index (χ0n) is 16.8. The number of methoxy groups -OCH3 is 2. The van der Waals surface area contributed by atoms with E-state index in [4.69, 9.17) is 9.47 Å². The summed E-state index contributed by atoms with van der Waals surface area (Å²) in [5.41, 5.74) is 2.06. The first-order valence-corrected chi connectivity index (χ1v) is 10.2. The Labute approximate surface area is 166 Å². The van der Waals surface area contributed by atoms with E-state index in [1.165, 1.54) is 26.2 Å². The number of nitrogens with zero attached hydrogens (tertiary/aromatic N) is 1. The molecule has 0 heterocycles. The summed E-state index contributed by atoms with van der Waals surface area (Å²) in [5, 5.41) is 2.80. The minimum absolute atomic E-state index is 0.129. The molecule has 0 saturated carbocycles. The average molecular weight is 407 g/mol. The molecular weight excluding hydrogens is 380 g/mol. The summed E-state index contributed by atoms with van der Waals surface area (Å²) < 4.78 is 36.5. The van der Waals surface area contributed by atoms with Crippen molar-refractivity contribution < 1.29 is 22.7 Å². The molecule has 0 atom stereocenters. The molecule has 0 fully saturated rings. The van der Waals surface area contributed by atoms with E-state index in [1.54, 1.807) is 20.3 Å². The molecule has 0 spiro atoms. The number of benzene rings is 2. The van der Waals surface area contributed by atoms with Gasteiger partial charge in [0.05, 0.1) is 19.1 Å². The quantitative estimate of drug-likeness (QED) is 0.729. The Kier molecular flexibility index (Phi) is 7.04. The molecular formula is C20H26N2O5S. The molecule has 2 rings (SSSR count). The molecule has 28 heavy (non-hydrogen) atoms. The fourth-order valence-corrected chi connectivity index (χ4v) is 3.66. The first-order chi connectivity index (χ1) is 13.2. The van der Waals surface area contributed by atoms with E-state index in [0.717, 1.165) is 15.4 Å². The first-order valence-electron chi connectivity index (χ1n) is 8.73. The van der Waals surface area contributed by atoms with E-state index >= 15 is 0 Å². The van der Waals surface area contributed by atoms with Crippen LogP contribution in [0.15, 0.2) is 41.3 Å². The lowest BCUT2D eigenvalue weighted by molar-refractivity contribution is -0.116. The molecule has 0 aromatic heterocycles. The maximum absolute atomic E-state index is 12.5. The average Bonchev–Trinajstić information content (AvgIpc) is 2.67. The number of hydrogen-bond acceptors (Lipinski definition) is 5. The van der Waals surface area contributed by atoms with Gasteiger partial charge >= 0.3 is 0 Å². The minimum atomic E-state index is -3.58. The molecule has 8 heteroatoms. The van der Waals surface area contributed by atoms with E-state index in [0.29, 0.717) is 23.6 Å².